The van der Waals surface area contributed by atoms with Crippen LogP contribution in [-0.2, 0) is 0 Å². The summed E-state index contributed by atoms with van der Waals surface area (Å²) in [6.07, 6.45) is 0. The van der Waals surface area contributed by atoms with E-state index in [2.05, 4.69) is 73.7 Å². The van der Waals surface area contributed by atoms with Crippen molar-refractivity contribution in [1.29, 1.82) is 0 Å². The van der Waals surface area contributed by atoms with Crippen LogP contribution in [0.5, 0.6) is 0 Å². The van der Waals surface area contributed by atoms with Gasteiger partial charge in [0.2, 0.25) is 0 Å². The summed E-state index contributed by atoms with van der Waals surface area (Å²) < 4.78 is 0. The molecule has 0 N–H and O–H groups in total. The van der Waals surface area contributed by atoms with Gasteiger partial charge in [0, 0.05) is 5.30 Å². The van der Waals surface area contributed by atoms with Gasteiger partial charge in [0.15, 0.2) is 0 Å². The number of rotatable bonds is 4. The maximum absolute atomic E-state index is 2.47. The van der Waals surface area contributed by atoms with E-state index in [1.54, 1.807) is 24.3 Å². The van der Waals surface area contributed by atoms with E-state index < -0.39 is 6.55 Å². The van der Waals surface area contributed by atoms with E-state index in [1.807, 2.05) is 0 Å². The molecule has 0 fully saturated rings. The van der Waals surface area contributed by atoms with Gasteiger partial charge in [-0.2, -0.15) is 0 Å². The summed E-state index contributed by atoms with van der Waals surface area (Å²) in [6, 6.07) is 4.94. The molecule has 0 heterocycles. The van der Waals surface area contributed by atoms with E-state index in [-0.39, 0.29) is 0 Å². The Labute approximate surface area is 128 Å². The van der Waals surface area contributed by atoms with Crippen molar-refractivity contribution in [3.8, 4) is 0 Å². The highest BCUT2D eigenvalue weighted by Gasteiger charge is 2.16. The van der Waals surface area contributed by atoms with Gasteiger partial charge < -0.3 is 0 Å². The Hall–Kier alpha value is -0.0500. The molecule has 0 radical (unpaired) electrons. The van der Waals surface area contributed by atoms with E-state index in [9.17, 15) is 0 Å². The number of hydrogen-bond acceptors (Lipinski definition) is 0. The molecule has 1 aromatic rings. The lowest BCUT2D eigenvalue weighted by molar-refractivity contribution is 0.813. The molecule has 20 heavy (non-hydrogen) atoms. The third-order valence-corrected chi connectivity index (χ3v) is 7.22. The fourth-order valence-corrected chi connectivity index (χ4v) is 6.30. The zero-order valence-electron chi connectivity index (χ0n) is 14.8. The van der Waals surface area contributed by atoms with Gasteiger partial charge in [-0.05, 0) is 54.4 Å². The van der Waals surface area contributed by atoms with Crippen LogP contribution in [0.25, 0.3) is 0 Å². The van der Waals surface area contributed by atoms with Crippen LogP contribution < -0.4 is 5.30 Å². The predicted octanol–water partition coefficient (Wildman–Crippen LogP) is 6.45. The monoisotopic (exact) mass is 310 g/mol. The standard InChI is InChI=1S/C18H32P2/c1-12(2)15-10-16(13(3)4)18(19-20(7,8)9)17(11-15)14(5)6/h10-14H,1-9H3. The van der Waals surface area contributed by atoms with Crippen LogP contribution in [0.4, 0.5) is 0 Å². The molecule has 0 saturated carbocycles. The minimum Gasteiger partial charge on any atom is -0.0864 e. The van der Waals surface area contributed by atoms with Crippen molar-refractivity contribution in [2.24, 2.45) is 0 Å². The van der Waals surface area contributed by atoms with Crippen LogP contribution in [0.1, 0.15) is 76.0 Å². The second-order valence-corrected chi connectivity index (χ2v) is 16.3. The van der Waals surface area contributed by atoms with Crippen molar-refractivity contribution in [2.75, 3.05) is 20.0 Å². The highest BCUT2D eigenvalue weighted by Crippen LogP contribution is 2.46. The Bertz CT molecular complexity index is 479. The largest absolute Gasteiger partial charge is 0.0864 e. The van der Waals surface area contributed by atoms with Crippen LogP contribution in [0.3, 0.4) is 0 Å². The highest BCUT2D eigenvalue weighted by atomic mass is 31.8. The molecule has 0 amide bonds. The van der Waals surface area contributed by atoms with Crippen LogP contribution in [0, 0.1) is 0 Å². The molecule has 0 aliphatic rings. The lowest BCUT2D eigenvalue weighted by Crippen LogP contribution is -2.14. The Balaban J connectivity index is 3.69. The zero-order valence-corrected chi connectivity index (χ0v) is 16.6. The summed E-state index contributed by atoms with van der Waals surface area (Å²) in [5.41, 5.74) is 4.66. The van der Waals surface area contributed by atoms with Gasteiger partial charge in [-0.25, -0.2) is 0 Å². The summed E-state index contributed by atoms with van der Waals surface area (Å²) in [5, 5.41) is 1.63. The first-order valence-electron chi connectivity index (χ1n) is 7.75. The first-order chi connectivity index (χ1) is 9.03. The molecule has 0 aromatic heterocycles. The summed E-state index contributed by atoms with van der Waals surface area (Å²) >= 11 is 0. The van der Waals surface area contributed by atoms with Crippen LogP contribution in [-0.4, -0.2) is 20.0 Å². The van der Waals surface area contributed by atoms with Gasteiger partial charge in [0.25, 0.3) is 0 Å². The van der Waals surface area contributed by atoms with Gasteiger partial charge in [-0.15, -0.1) is 0 Å². The number of benzene rings is 1. The minimum atomic E-state index is -0.837. The molecule has 1 rings (SSSR count). The Morgan fingerprint density at radius 2 is 1.15 bits per heavy atom. The molecule has 0 aliphatic heterocycles. The van der Waals surface area contributed by atoms with E-state index in [1.165, 1.54) is 5.56 Å². The molecule has 0 atom stereocenters. The SMILES string of the molecule is CC(C)c1cc(C(C)C)c(P=P(C)(C)C)c(C(C)C)c1. The van der Waals surface area contributed by atoms with Gasteiger partial charge in [0.05, 0.1) is 0 Å². The average Bonchev–Trinajstić information content (AvgIpc) is 2.25. The highest BCUT2D eigenvalue weighted by molar-refractivity contribution is 8.06. The molecule has 0 unspecified atom stereocenters. The average molecular weight is 310 g/mol. The molecule has 0 spiro atoms. The van der Waals surface area contributed by atoms with Crippen molar-refractivity contribution in [2.45, 2.75) is 59.3 Å². The molecule has 0 nitrogen and oxygen atoms in total. The van der Waals surface area contributed by atoms with Gasteiger partial charge in [-0.1, -0.05) is 68.1 Å². The first kappa shape index (κ1) is 18.0. The summed E-state index contributed by atoms with van der Waals surface area (Å²) in [6.45, 7) is 20.4. The summed E-state index contributed by atoms with van der Waals surface area (Å²) in [4.78, 5) is 0. The fraction of sp³-hybridized carbons (Fsp3) is 0.667. The molecule has 1 aromatic carbocycles. The quantitative estimate of drug-likeness (QED) is 0.560. The predicted molar refractivity (Wildman–Crippen MR) is 100.0 cm³/mol. The smallest absolute Gasteiger partial charge is 0.00852 e. The summed E-state index contributed by atoms with van der Waals surface area (Å²) in [5.74, 6) is 1.83. The summed E-state index contributed by atoms with van der Waals surface area (Å²) in [7, 11) is 1.57. The Morgan fingerprint density at radius 1 is 0.750 bits per heavy atom. The van der Waals surface area contributed by atoms with Crippen LogP contribution >= 0.6 is 14.4 Å². The molecule has 0 saturated heterocycles. The van der Waals surface area contributed by atoms with Crippen molar-refractivity contribution < 1.29 is 0 Å². The lowest BCUT2D eigenvalue weighted by Gasteiger charge is -2.22. The van der Waals surface area contributed by atoms with Crippen molar-refractivity contribution in [3.63, 3.8) is 0 Å². The third-order valence-electron chi connectivity index (χ3n) is 3.50. The fourth-order valence-electron chi connectivity index (χ4n) is 2.33. The molecule has 114 valence electrons. The third kappa shape index (κ3) is 4.75. The minimum absolute atomic E-state index is 0.611. The second kappa shape index (κ2) is 6.81. The normalized spacial score (nSPS) is 13.0. The van der Waals surface area contributed by atoms with Gasteiger partial charge in [-0.3, -0.25) is 0 Å². The van der Waals surface area contributed by atoms with Crippen molar-refractivity contribution >= 4 is 19.7 Å². The number of hydrogen-bond donors (Lipinski definition) is 0. The van der Waals surface area contributed by atoms with Gasteiger partial charge >= 0.3 is 0 Å². The molecular weight excluding hydrogens is 278 g/mol. The van der Waals surface area contributed by atoms with Crippen LogP contribution in [0.2, 0.25) is 0 Å². The molecule has 0 aliphatic carbocycles. The zero-order chi connectivity index (χ0) is 15.7. The van der Waals surface area contributed by atoms with Gasteiger partial charge in [0.1, 0.15) is 0 Å². The molecular formula is C18H32P2. The second-order valence-electron chi connectivity index (χ2n) is 7.55. The van der Waals surface area contributed by atoms with E-state index in [0.717, 1.165) is 0 Å². The molecule has 2 heteroatoms. The maximum atomic E-state index is 2.47. The Kier molecular flexibility index (Phi) is 6.13. The topological polar surface area (TPSA) is 0 Å². The Morgan fingerprint density at radius 3 is 1.40 bits per heavy atom. The van der Waals surface area contributed by atoms with Crippen LogP contribution in [0.15, 0.2) is 12.1 Å². The van der Waals surface area contributed by atoms with Crippen molar-refractivity contribution in [1.82, 2.24) is 0 Å². The van der Waals surface area contributed by atoms with E-state index >= 15 is 0 Å². The van der Waals surface area contributed by atoms with E-state index in [0.29, 0.717) is 17.8 Å². The van der Waals surface area contributed by atoms with E-state index in [4.69, 9.17) is 0 Å². The first-order valence-corrected chi connectivity index (χ1v) is 12.5. The lowest BCUT2D eigenvalue weighted by atomic mass is 9.89. The maximum Gasteiger partial charge on any atom is 0.00852 e. The van der Waals surface area contributed by atoms with Crippen molar-refractivity contribution in [3.05, 3.63) is 28.8 Å². The molecule has 0 bridgehead atoms.